The zero-order valence-electron chi connectivity index (χ0n) is 21.6. The average molecular weight is 597 g/mol. The molecule has 3 rings (SSSR count). The van der Waals surface area contributed by atoms with Crippen molar-refractivity contribution in [2.75, 3.05) is 31.3 Å². The van der Waals surface area contributed by atoms with E-state index < -0.39 is 28.5 Å². The summed E-state index contributed by atoms with van der Waals surface area (Å²) >= 11 is 3.44. The van der Waals surface area contributed by atoms with Crippen molar-refractivity contribution in [2.24, 2.45) is 0 Å². The van der Waals surface area contributed by atoms with Crippen molar-refractivity contribution in [1.82, 2.24) is 10.2 Å². The maximum absolute atomic E-state index is 13.8. The SMILES string of the molecule is COc1ccc(OC)c(N(CC(=O)N(Cc2cccc(Br)c2)[C@@H](C)C(=O)NC2CCCC2)S(C)(=O)=O)c1. The fraction of sp³-hybridized carbons (Fsp3) is 0.462. The number of benzene rings is 2. The maximum atomic E-state index is 13.8. The Bertz CT molecular complexity index is 1220. The normalized spacial score (nSPS) is 14.6. The quantitative estimate of drug-likeness (QED) is 0.424. The third-order valence-corrected chi connectivity index (χ3v) is 8.06. The number of nitrogens with zero attached hydrogens (tertiary/aromatic N) is 2. The van der Waals surface area contributed by atoms with E-state index in [1.807, 2.05) is 24.3 Å². The number of ether oxygens (including phenoxy) is 2. The van der Waals surface area contributed by atoms with Crippen LogP contribution in [0.2, 0.25) is 0 Å². The lowest BCUT2D eigenvalue weighted by Gasteiger charge is -2.32. The number of halogens is 1. The molecular weight excluding hydrogens is 562 g/mol. The fourth-order valence-electron chi connectivity index (χ4n) is 4.39. The van der Waals surface area contributed by atoms with Crippen LogP contribution in [0.25, 0.3) is 0 Å². The summed E-state index contributed by atoms with van der Waals surface area (Å²) in [5, 5.41) is 3.05. The zero-order valence-corrected chi connectivity index (χ0v) is 24.0. The van der Waals surface area contributed by atoms with Gasteiger partial charge in [0.2, 0.25) is 21.8 Å². The van der Waals surface area contributed by atoms with Gasteiger partial charge >= 0.3 is 0 Å². The van der Waals surface area contributed by atoms with Gasteiger partial charge in [-0.2, -0.15) is 0 Å². The molecule has 1 aliphatic rings. The summed E-state index contributed by atoms with van der Waals surface area (Å²) in [4.78, 5) is 28.3. The lowest BCUT2D eigenvalue weighted by Crippen LogP contribution is -2.52. The summed E-state index contributed by atoms with van der Waals surface area (Å²) in [5.41, 5.74) is 0.969. The highest BCUT2D eigenvalue weighted by atomic mass is 79.9. The van der Waals surface area contributed by atoms with Crippen LogP contribution in [0.5, 0.6) is 11.5 Å². The Morgan fingerprint density at radius 1 is 1.11 bits per heavy atom. The van der Waals surface area contributed by atoms with Crippen molar-refractivity contribution in [1.29, 1.82) is 0 Å². The summed E-state index contributed by atoms with van der Waals surface area (Å²) in [5.74, 6) is -0.110. The first-order valence-corrected chi connectivity index (χ1v) is 14.7. The molecule has 0 saturated heterocycles. The van der Waals surface area contributed by atoms with Crippen molar-refractivity contribution >= 4 is 43.5 Å². The predicted molar refractivity (Wildman–Crippen MR) is 146 cm³/mol. The van der Waals surface area contributed by atoms with Crippen molar-refractivity contribution in [3.63, 3.8) is 0 Å². The Morgan fingerprint density at radius 2 is 1.81 bits per heavy atom. The van der Waals surface area contributed by atoms with Crippen LogP contribution in [0.1, 0.15) is 38.2 Å². The molecule has 11 heteroatoms. The molecule has 1 atom stereocenters. The van der Waals surface area contributed by atoms with Crippen LogP contribution >= 0.6 is 15.9 Å². The van der Waals surface area contributed by atoms with E-state index in [1.54, 1.807) is 19.1 Å². The topological polar surface area (TPSA) is 105 Å². The van der Waals surface area contributed by atoms with Crippen LogP contribution in [0.3, 0.4) is 0 Å². The molecule has 1 aliphatic carbocycles. The number of rotatable bonds is 11. The number of carbonyl (C=O) groups is 2. The predicted octanol–water partition coefficient (Wildman–Crippen LogP) is 3.71. The van der Waals surface area contributed by atoms with Gasteiger partial charge in [-0.1, -0.05) is 40.9 Å². The molecular formula is C26H34BrN3O6S. The number of carbonyl (C=O) groups excluding carboxylic acids is 2. The van der Waals surface area contributed by atoms with Crippen LogP contribution < -0.4 is 19.1 Å². The summed E-state index contributed by atoms with van der Waals surface area (Å²) < 4.78 is 38.2. The van der Waals surface area contributed by atoms with Gasteiger partial charge in [0.05, 0.1) is 26.2 Å². The average Bonchev–Trinajstić information content (AvgIpc) is 3.37. The number of amides is 2. The monoisotopic (exact) mass is 595 g/mol. The number of methoxy groups -OCH3 is 2. The first kappa shape index (κ1) is 28.8. The van der Waals surface area contributed by atoms with Crippen LogP contribution in [0, 0.1) is 0 Å². The van der Waals surface area contributed by atoms with Crippen molar-refractivity contribution in [2.45, 2.75) is 51.2 Å². The number of nitrogens with one attached hydrogen (secondary N) is 1. The van der Waals surface area contributed by atoms with E-state index in [0.717, 1.165) is 46.3 Å². The second-order valence-electron chi connectivity index (χ2n) is 9.12. The largest absolute Gasteiger partial charge is 0.497 e. The highest BCUT2D eigenvalue weighted by Crippen LogP contribution is 2.34. The second kappa shape index (κ2) is 12.6. The number of anilines is 1. The molecule has 37 heavy (non-hydrogen) atoms. The summed E-state index contributed by atoms with van der Waals surface area (Å²) in [7, 11) is -1.02. The van der Waals surface area contributed by atoms with Gasteiger partial charge in [-0.15, -0.1) is 0 Å². The van der Waals surface area contributed by atoms with Crippen molar-refractivity contribution < 1.29 is 27.5 Å². The van der Waals surface area contributed by atoms with Crippen LogP contribution in [0.15, 0.2) is 46.9 Å². The van der Waals surface area contributed by atoms with Crippen molar-refractivity contribution in [3.8, 4) is 11.5 Å². The number of sulfonamides is 1. The molecule has 1 N–H and O–H groups in total. The van der Waals surface area contributed by atoms with E-state index in [1.165, 1.54) is 25.2 Å². The molecule has 0 radical (unpaired) electrons. The Balaban J connectivity index is 1.94. The molecule has 2 amide bonds. The summed E-state index contributed by atoms with van der Waals surface area (Å²) in [6, 6.07) is 11.4. The first-order valence-electron chi connectivity index (χ1n) is 12.1. The zero-order chi connectivity index (χ0) is 27.2. The molecule has 0 bridgehead atoms. The van der Waals surface area contributed by atoms with Gasteiger partial charge in [0.15, 0.2) is 0 Å². The molecule has 0 aliphatic heterocycles. The van der Waals surface area contributed by atoms with Gasteiger partial charge in [-0.05, 0) is 49.6 Å². The smallest absolute Gasteiger partial charge is 0.244 e. The standard InChI is InChI=1S/C26H34BrN3O6S/c1-18(26(32)28-21-10-5-6-11-21)29(16-19-8-7-9-20(27)14-19)25(31)17-30(37(4,33)34)23-15-22(35-2)12-13-24(23)36-3/h7-9,12-15,18,21H,5-6,10-11,16-17H2,1-4H3,(H,28,32)/t18-/m0/s1. The minimum Gasteiger partial charge on any atom is -0.497 e. The van der Waals surface area contributed by atoms with Gasteiger partial charge in [-0.25, -0.2) is 8.42 Å². The lowest BCUT2D eigenvalue weighted by molar-refractivity contribution is -0.139. The minimum atomic E-state index is -3.91. The minimum absolute atomic E-state index is 0.0892. The third kappa shape index (κ3) is 7.61. The van der Waals surface area contributed by atoms with Gasteiger partial charge in [-0.3, -0.25) is 13.9 Å². The second-order valence-corrected chi connectivity index (χ2v) is 11.9. The van der Waals surface area contributed by atoms with Gasteiger partial charge in [0.25, 0.3) is 0 Å². The van der Waals surface area contributed by atoms with Gasteiger partial charge in [0.1, 0.15) is 24.1 Å². The van der Waals surface area contributed by atoms with E-state index in [4.69, 9.17) is 9.47 Å². The summed E-state index contributed by atoms with van der Waals surface area (Å²) in [6.07, 6.45) is 4.97. The van der Waals surface area contributed by atoms with E-state index in [-0.39, 0.29) is 29.9 Å². The molecule has 2 aromatic rings. The Kier molecular flexibility index (Phi) is 9.83. The Morgan fingerprint density at radius 3 is 2.41 bits per heavy atom. The van der Waals surface area contributed by atoms with Crippen molar-refractivity contribution in [3.05, 3.63) is 52.5 Å². The lowest BCUT2D eigenvalue weighted by atomic mass is 10.1. The molecule has 0 spiro atoms. The van der Waals surface area contributed by atoms with E-state index in [0.29, 0.717) is 5.75 Å². The molecule has 0 unspecified atom stereocenters. The van der Waals surface area contributed by atoms with E-state index in [2.05, 4.69) is 21.2 Å². The van der Waals surface area contributed by atoms with Gasteiger partial charge < -0.3 is 19.7 Å². The molecule has 1 fully saturated rings. The van der Waals surface area contributed by atoms with Crippen LogP contribution in [-0.4, -0.2) is 64.2 Å². The first-order chi connectivity index (χ1) is 17.5. The Hall–Kier alpha value is -2.79. The molecule has 0 heterocycles. The molecule has 1 saturated carbocycles. The van der Waals surface area contributed by atoms with Crippen LogP contribution in [0.4, 0.5) is 5.69 Å². The van der Waals surface area contributed by atoms with E-state index >= 15 is 0 Å². The van der Waals surface area contributed by atoms with E-state index in [9.17, 15) is 18.0 Å². The Labute approximate surface area is 227 Å². The van der Waals surface area contributed by atoms with Gasteiger partial charge in [0, 0.05) is 23.1 Å². The highest BCUT2D eigenvalue weighted by molar-refractivity contribution is 9.10. The molecule has 2 aromatic carbocycles. The summed E-state index contributed by atoms with van der Waals surface area (Å²) in [6.45, 7) is 1.28. The molecule has 0 aromatic heterocycles. The highest BCUT2D eigenvalue weighted by Gasteiger charge is 2.32. The molecule has 9 nitrogen and oxygen atoms in total. The van der Waals surface area contributed by atoms with Crippen LogP contribution in [-0.2, 0) is 26.2 Å². The fourth-order valence-corrected chi connectivity index (χ4v) is 5.68. The molecule has 202 valence electrons. The number of hydrogen-bond acceptors (Lipinski definition) is 6. The third-order valence-electron chi connectivity index (χ3n) is 6.44. The maximum Gasteiger partial charge on any atom is 0.244 e. The number of hydrogen-bond donors (Lipinski definition) is 1.